The molecule has 1 fully saturated rings. The van der Waals surface area contributed by atoms with Gasteiger partial charge in [0.1, 0.15) is 0 Å². The fraction of sp³-hybridized carbons (Fsp3) is 0.333. The van der Waals surface area contributed by atoms with Crippen LogP contribution in [-0.2, 0) is 4.79 Å². The van der Waals surface area contributed by atoms with E-state index >= 15 is 0 Å². The zero-order chi connectivity index (χ0) is 14.2. The molecule has 1 aliphatic carbocycles. The molecule has 0 spiro atoms. The van der Waals surface area contributed by atoms with Crippen LogP contribution in [0.2, 0.25) is 5.02 Å². The second kappa shape index (κ2) is 4.94. The van der Waals surface area contributed by atoms with Gasteiger partial charge >= 0.3 is 5.97 Å². The number of hydrogen-bond acceptors (Lipinski definition) is 3. The number of nitrogens with one attached hydrogen (secondary N) is 1. The molecule has 1 aromatic carbocycles. The largest absolute Gasteiger partial charge is 0.481 e. The molecule has 0 saturated heterocycles. The number of fused-ring (bicyclic) bond motifs is 1. The molecule has 0 atom stereocenters. The summed E-state index contributed by atoms with van der Waals surface area (Å²) in [4.78, 5) is 15.3. The van der Waals surface area contributed by atoms with Crippen LogP contribution >= 0.6 is 11.6 Å². The molecule has 1 saturated carbocycles. The van der Waals surface area contributed by atoms with E-state index in [0.717, 1.165) is 35.9 Å². The zero-order valence-corrected chi connectivity index (χ0v) is 11.7. The molecule has 1 heterocycles. The topological polar surface area (TPSA) is 62.2 Å². The lowest BCUT2D eigenvalue weighted by Gasteiger charge is -2.42. The lowest BCUT2D eigenvalue weighted by molar-refractivity contribution is -0.138. The average molecular weight is 291 g/mol. The van der Waals surface area contributed by atoms with E-state index in [-0.39, 0.29) is 12.0 Å². The Labute approximate surface area is 121 Å². The smallest absolute Gasteiger partial charge is 0.305 e. The fourth-order valence-corrected chi connectivity index (χ4v) is 2.92. The van der Waals surface area contributed by atoms with E-state index < -0.39 is 5.97 Å². The van der Waals surface area contributed by atoms with Crippen LogP contribution in [0.25, 0.3) is 10.9 Å². The summed E-state index contributed by atoms with van der Waals surface area (Å²) >= 11 is 5.97. The van der Waals surface area contributed by atoms with Gasteiger partial charge in [0.25, 0.3) is 0 Å². The Bertz CT molecular complexity index is 668. The molecular weight excluding hydrogens is 276 g/mol. The number of carboxylic acid groups (broad SMARTS) is 1. The molecule has 4 nitrogen and oxygen atoms in total. The number of hydrogen-bond donors (Lipinski definition) is 2. The number of nitrogens with zero attached hydrogens (tertiary/aromatic N) is 1. The molecule has 2 N–H and O–H groups in total. The summed E-state index contributed by atoms with van der Waals surface area (Å²) in [5.74, 6) is -0.765. The molecule has 5 heteroatoms. The average Bonchev–Trinajstić information content (AvgIpc) is 2.35. The minimum atomic E-state index is -0.765. The number of pyridine rings is 1. The number of halogens is 1. The maximum atomic E-state index is 11.0. The lowest BCUT2D eigenvalue weighted by atomic mass is 9.74. The second-order valence-corrected chi connectivity index (χ2v) is 5.79. The Morgan fingerprint density at radius 1 is 1.40 bits per heavy atom. The highest BCUT2D eigenvalue weighted by atomic mass is 35.5. The van der Waals surface area contributed by atoms with Crippen molar-refractivity contribution < 1.29 is 9.90 Å². The van der Waals surface area contributed by atoms with Crippen molar-refractivity contribution in [2.45, 2.75) is 31.2 Å². The highest BCUT2D eigenvalue weighted by Crippen LogP contribution is 2.39. The van der Waals surface area contributed by atoms with E-state index in [1.807, 2.05) is 24.3 Å². The highest BCUT2D eigenvalue weighted by molar-refractivity contribution is 6.31. The van der Waals surface area contributed by atoms with Gasteiger partial charge in [-0.05, 0) is 43.5 Å². The first-order valence-corrected chi connectivity index (χ1v) is 7.00. The van der Waals surface area contributed by atoms with Crippen molar-refractivity contribution in [3.8, 4) is 0 Å². The normalized spacial score (nSPS) is 16.6. The minimum absolute atomic E-state index is 0.143. The second-order valence-electron chi connectivity index (χ2n) is 5.35. The van der Waals surface area contributed by atoms with Gasteiger partial charge in [0, 0.05) is 27.8 Å². The Balaban J connectivity index is 1.96. The van der Waals surface area contributed by atoms with Crippen LogP contribution in [0, 0.1) is 0 Å². The molecule has 104 valence electrons. The van der Waals surface area contributed by atoms with Crippen molar-refractivity contribution in [3.63, 3.8) is 0 Å². The Morgan fingerprint density at radius 2 is 2.20 bits per heavy atom. The molecule has 20 heavy (non-hydrogen) atoms. The van der Waals surface area contributed by atoms with Crippen molar-refractivity contribution in [2.24, 2.45) is 0 Å². The van der Waals surface area contributed by atoms with E-state index in [1.165, 1.54) is 0 Å². The maximum absolute atomic E-state index is 11.0. The third-order valence-electron chi connectivity index (χ3n) is 3.90. The van der Waals surface area contributed by atoms with Crippen LogP contribution in [-0.4, -0.2) is 21.6 Å². The van der Waals surface area contributed by atoms with Gasteiger partial charge in [-0.2, -0.15) is 0 Å². The molecule has 0 amide bonds. The molecule has 3 rings (SSSR count). The van der Waals surface area contributed by atoms with Crippen LogP contribution in [0.15, 0.2) is 30.5 Å². The molecular formula is C15H15ClN2O2. The number of rotatable bonds is 4. The first-order valence-electron chi connectivity index (χ1n) is 6.62. The molecule has 0 radical (unpaired) electrons. The Hall–Kier alpha value is -1.81. The summed E-state index contributed by atoms with van der Waals surface area (Å²) in [6, 6.07) is 7.44. The van der Waals surface area contributed by atoms with Crippen LogP contribution in [0.4, 0.5) is 5.69 Å². The van der Waals surface area contributed by atoms with Gasteiger partial charge in [0.15, 0.2) is 0 Å². The van der Waals surface area contributed by atoms with Crippen molar-refractivity contribution in [1.82, 2.24) is 4.98 Å². The summed E-state index contributed by atoms with van der Waals surface area (Å²) in [6.07, 6.45) is 4.70. The van der Waals surface area contributed by atoms with Crippen molar-refractivity contribution in [1.29, 1.82) is 0 Å². The molecule has 0 aliphatic heterocycles. The third kappa shape index (κ3) is 2.43. The van der Waals surface area contributed by atoms with E-state index in [0.29, 0.717) is 5.02 Å². The molecule has 1 aliphatic rings. The van der Waals surface area contributed by atoms with E-state index in [1.54, 1.807) is 6.20 Å². The van der Waals surface area contributed by atoms with Gasteiger partial charge in [0.2, 0.25) is 0 Å². The van der Waals surface area contributed by atoms with Gasteiger partial charge in [0.05, 0.1) is 11.9 Å². The van der Waals surface area contributed by atoms with Crippen molar-refractivity contribution >= 4 is 34.2 Å². The first-order chi connectivity index (χ1) is 9.58. The van der Waals surface area contributed by atoms with Crippen LogP contribution in [0.5, 0.6) is 0 Å². The Morgan fingerprint density at radius 3 is 2.85 bits per heavy atom. The monoisotopic (exact) mass is 290 g/mol. The summed E-state index contributed by atoms with van der Waals surface area (Å²) in [7, 11) is 0. The quantitative estimate of drug-likeness (QED) is 0.901. The van der Waals surface area contributed by atoms with Crippen LogP contribution in [0.3, 0.4) is 0 Å². The number of aromatic nitrogens is 1. The van der Waals surface area contributed by atoms with Gasteiger partial charge in [-0.1, -0.05) is 11.6 Å². The summed E-state index contributed by atoms with van der Waals surface area (Å²) in [5, 5.41) is 14.1. The van der Waals surface area contributed by atoms with E-state index in [4.69, 9.17) is 16.7 Å². The number of carbonyl (C=O) groups is 1. The SMILES string of the molecule is O=C(O)CC1(Nc2ccnc3cc(Cl)ccc23)CCC1. The number of anilines is 1. The van der Waals surface area contributed by atoms with Gasteiger partial charge in [-0.25, -0.2) is 0 Å². The van der Waals surface area contributed by atoms with E-state index in [2.05, 4.69) is 10.3 Å². The van der Waals surface area contributed by atoms with Gasteiger partial charge in [-0.3, -0.25) is 9.78 Å². The number of benzene rings is 1. The zero-order valence-electron chi connectivity index (χ0n) is 10.9. The lowest BCUT2D eigenvalue weighted by Crippen LogP contribution is -2.46. The van der Waals surface area contributed by atoms with Crippen molar-refractivity contribution in [2.75, 3.05) is 5.32 Å². The number of carboxylic acids is 1. The summed E-state index contributed by atoms with van der Waals surface area (Å²) in [5.41, 5.74) is 1.42. The van der Waals surface area contributed by atoms with Crippen LogP contribution < -0.4 is 5.32 Å². The summed E-state index contributed by atoms with van der Waals surface area (Å²) in [6.45, 7) is 0. The van der Waals surface area contributed by atoms with Gasteiger partial charge in [-0.15, -0.1) is 0 Å². The fourth-order valence-electron chi connectivity index (χ4n) is 2.75. The number of aliphatic carboxylic acids is 1. The van der Waals surface area contributed by atoms with Crippen LogP contribution in [0.1, 0.15) is 25.7 Å². The molecule has 2 aromatic rings. The molecule has 1 aromatic heterocycles. The first kappa shape index (κ1) is 13.2. The predicted molar refractivity (Wildman–Crippen MR) is 79.2 cm³/mol. The Kier molecular flexibility index (Phi) is 3.26. The van der Waals surface area contributed by atoms with Gasteiger partial charge < -0.3 is 10.4 Å². The highest BCUT2D eigenvalue weighted by Gasteiger charge is 2.39. The third-order valence-corrected chi connectivity index (χ3v) is 4.14. The standard InChI is InChI=1S/C15H15ClN2O2/c16-10-2-3-11-12(4-7-17-13(11)8-10)18-15(5-1-6-15)9-14(19)20/h2-4,7-8H,1,5-6,9H2,(H,17,18)(H,19,20). The van der Waals surface area contributed by atoms with E-state index in [9.17, 15) is 4.79 Å². The molecule has 0 bridgehead atoms. The minimum Gasteiger partial charge on any atom is -0.481 e. The predicted octanol–water partition coefficient (Wildman–Crippen LogP) is 3.70. The van der Waals surface area contributed by atoms with Crippen molar-refractivity contribution in [3.05, 3.63) is 35.5 Å². The maximum Gasteiger partial charge on any atom is 0.305 e. The summed E-state index contributed by atoms with van der Waals surface area (Å²) < 4.78 is 0. The molecule has 0 unspecified atom stereocenters.